The Balaban J connectivity index is 1.81. The van der Waals surface area contributed by atoms with Crippen LogP contribution in [0.5, 0.6) is 0 Å². The van der Waals surface area contributed by atoms with Crippen molar-refractivity contribution in [2.24, 2.45) is 0 Å². The molecule has 0 aliphatic carbocycles. The Kier molecular flexibility index (Phi) is 3.94. The van der Waals surface area contributed by atoms with Gasteiger partial charge in [-0.25, -0.2) is 9.78 Å². The van der Waals surface area contributed by atoms with Crippen LogP contribution in [0.25, 0.3) is 50.0 Å². The van der Waals surface area contributed by atoms with E-state index in [4.69, 9.17) is 4.98 Å². The van der Waals surface area contributed by atoms with E-state index in [-0.39, 0.29) is 5.56 Å². The molecule has 0 spiro atoms. The second-order valence-electron chi connectivity index (χ2n) is 7.33. The van der Waals surface area contributed by atoms with Crippen molar-refractivity contribution in [3.05, 3.63) is 90.9 Å². The highest BCUT2D eigenvalue weighted by molar-refractivity contribution is 6.21. The van der Waals surface area contributed by atoms with Crippen molar-refractivity contribution in [1.82, 2.24) is 24.5 Å². The van der Waals surface area contributed by atoms with Crippen LogP contribution in [-0.4, -0.2) is 35.6 Å². The van der Waals surface area contributed by atoms with Gasteiger partial charge in [-0.15, -0.1) is 0 Å². The molecular weight excluding hydrogens is 402 g/mol. The lowest BCUT2D eigenvalue weighted by Gasteiger charge is -2.11. The van der Waals surface area contributed by atoms with Crippen molar-refractivity contribution < 1.29 is 9.90 Å². The van der Waals surface area contributed by atoms with E-state index >= 15 is 0 Å². The van der Waals surface area contributed by atoms with Crippen LogP contribution in [0, 0.1) is 0 Å². The fourth-order valence-corrected chi connectivity index (χ4v) is 4.10. The molecule has 0 bridgehead atoms. The number of carboxylic acid groups (broad SMARTS) is 1. The molecule has 1 N–H and O–H groups in total. The Morgan fingerprint density at radius 2 is 1.41 bits per heavy atom. The standard InChI is InChI=1S/C25H15N5O2/c31-25(32)15-8-10-16(11-9-15)30-23-18-6-4-14-28-21(18)20-17(5-3-13-27-20)22(23)29-24(30)19-7-1-2-12-26-19/h1-14H,(H,31,32). The van der Waals surface area contributed by atoms with Crippen molar-refractivity contribution in [1.29, 1.82) is 0 Å². The first-order valence-corrected chi connectivity index (χ1v) is 10.0. The average molecular weight is 417 g/mol. The molecule has 4 aromatic heterocycles. The second kappa shape index (κ2) is 6.95. The quantitative estimate of drug-likeness (QED) is 0.413. The van der Waals surface area contributed by atoms with Gasteiger partial charge in [0.15, 0.2) is 5.82 Å². The summed E-state index contributed by atoms with van der Waals surface area (Å²) < 4.78 is 2.01. The molecule has 0 amide bonds. The average Bonchev–Trinajstić information content (AvgIpc) is 3.26. The molecule has 0 saturated heterocycles. The topological polar surface area (TPSA) is 93.8 Å². The summed E-state index contributed by atoms with van der Waals surface area (Å²) in [6.45, 7) is 0. The predicted molar refractivity (Wildman–Crippen MR) is 122 cm³/mol. The third kappa shape index (κ3) is 2.65. The first-order valence-electron chi connectivity index (χ1n) is 10.0. The van der Waals surface area contributed by atoms with Crippen LogP contribution in [0.2, 0.25) is 0 Å². The van der Waals surface area contributed by atoms with Crippen molar-refractivity contribution in [3.8, 4) is 17.2 Å². The van der Waals surface area contributed by atoms with E-state index in [0.717, 1.165) is 38.5 Å². The van der Waals surface area contributed by atoms with Crippen molar-refractivity contribution in [2.45, 2.75) is 0 Å². The molecule has 0 aliphatic heterocycles. The fourth-order valence-electron chi connectivity index (χ4n) is 4.10. The summed E-state index contributed by atoms with van der Waals surface area (Å²) >= 11 is 0. The van der Waals surface area contributed by atoms with Gasteiger partial charge in [-0.3, -0.25) is 19.5 Å². The maximum absolute atomic E-state index is 11.4. The number of benzene rings is 2. The van der Waals surface area contributed by atoms with Gasteiger partial charge in [0.2, 0.25) is 0 Å². The van der Waals surface area contributed by atoms with Crippen LogP contribution in [0.15, 0.2) is 85.3 Å². The summed E-state index contributed by atoms with van der Waals surface area (Å²) in [6, 6.07) is 20.2. The smallest absolute Gasteiger partial charge is 0.335 e. The van der Waals surface area contributed by atoms with Gasteiger partial charge in [0, 0.05) is 35.1 Å². The van der Waals surface area contributed by atoms with Gasteiger partial charge < -0.3 is 5.11 Å². The zero-order chi connectivity index (χ0) is 21.7. The van der Waals surface area contributed by atoms with E-state index in [1.165, 1.54) is 0 Å². The molecular formula is C25H15N5O2. The highest BCUT2D eigenvalue weighted by atomic mass is 16.4. The molecule has 7 nitrogen and oxygen atoms in total. The summed E-state index contributed by atoms with van der Waals surface area (Å²) in [4.78, 5) is 30.1. The number of pyridine rings is 3. The van der Waals surface area contributed by atoms with Crippen molar-refractivity contribution in [3.63, 3.8) is 0 Å². The Morgan fingerprint density at radius 1 is 0.719 bits per heavy atom. The molecule has 0 atom stereocenters. The van der Waals surface area contributed by atoms with E-state index in [2.05, 4.69) is 15.0 Å². The lowest BCUT2D eigenvalue weighted by atomic mass is 10.1. The number of hydrogen-bond acceptors (Lipinski definition) is 5. The zero-order valence-electron chi connectivity index (χ0n) is 16.7. The molecule has 6 rings (SSSR count). The van der Waals surface area contributed by atoms with Gasteiger partial charge >= 0.3 is 5.97 Å². The summed E-state index contributed by atoms with van der Waals surface area (Å²) in [6.07, 6.45) is 5.24. The normalized spacial score (nSPS) is 11.4. The number of aromatic nitrogens is 5. The van der Waals surface area contributed by atoms with E-state index in [0.29, 0.717) is 11.5 Å². The van der Waals surface area contributed by atoms with Gasteiger partial charge in [-0.05, 0) is 60.7 Å². The minimum atomic E-state index is -0.969. The van der Waals surface area contributed by atoms with Crippen LogP contribution < -0.4 is 0 Å². The predicted octanol–water partition coefficient (Wildman–Crippen LogP) is 4.88. The molecule has 2 aromatic carbocycles. The SMILES string of the molecule is O=C(O)c1ccc(-n2c(-c3ccccn3)nc3c4cccnc4c4ncccc4c32)cc1. The van der Waals surface area contributed by atoms with E-state index in [9.17, 15) is 9.90 Å². The number of aromatic carboxylic acids is 1. The highest BCUT2D eigenvalue weighted by Crippen LogP contribution is 2.37. The van der Waals surface area contributed by atoms with E-state index in [1.807, 2.05) is 47.0 Å². The largest absolute Gasteiger partial charge is 0.478 e. The molecule has 0 radical (unpaired) electrons. The van der Waals surface area contributed by atoms with Crippen LogP contribution in [-0.2, 0) is 0 Å². The van der Waals surface area contributed by atoms with Gasteiger partial charge in [-0.1, -0.05) is 6.07 Å². The van der Waals surface area contributed by atoms with Crippen molar-refractivity contribution >= 4 is 38.8 Å². The van der Waals surface area contributed by atoms with Gasteiger partial charge in [0.25, 0.3) is 0 Å². The monoisotopic (exact) mass is 417 g/mol. The third-order valence-electron chi connectivity index (χ3n) is 5.49. The Bertz CT molecular complexity index is 1640. The first-order chi connectivity index (χ1) is 15.7. The molecule has 0 fully saturated rings. The number of imidazole rings is 1. The maximum Gasteiger partial charge on any atom is 0.335 e. The first kappa shape index (κ1) is 18.1. The van der Waals surface area contributed by atoms with E-state index < -0.39 is 5.97 Å². The lowest BCUT2D eigenvalue weighted by molar-refractivity contribution is 0.0697. The molecule has 0 unspecified atom stereocenters. The van der Waals surface area contributed by atoms with E-state index in [1.54, 1.807) is 42.9 Å². The number of rotatable bonds is 3. The Morgan fingerprint density at radius 3 is 2.09 bits per heavy atom. The van der Waals surface area contributed by atoms with Crippen molar-refractivity contribution in [2.75, 3.05) is 0 Å². The molecule has 7 heteroatoms. The van der Waals surface area contributed by atoms with Gasteiger partial charge in [0.1, 0.15) is 5.69 Å². The second-order valence-corrected chi connectivity index (χ2v) is 7.33. The molecule has 152 valence electrons. The number of fused-ring (bicyclic) bond motifs is 6. The molecule has 32 heavy (non-hydrogen) atoms. The number of carbonyl (C=O) groups is 1. The Hall–Kier alpha value is -4.65. The summed E-state index contributed by atoms with van der Waals surface area (Å²) in [7, 11) is 0. The van der Waals surface area contributed by atoms with Gasteiger partial charge in [0.05, 0.1) is 27.6 Å². The summed E-state index contributed by atoms with van der Waals surface area (Å²) in [5.41, 5.74) is 4.94. The zero-order valence-corrected chi connectivity index (χ0v) is 16.7. The molecule has 0 saturated carbocycles. The summed E-state index contributed by atoms with van der Waals surface area (Å²) in [5, 5.41) is 11.1. The van der Waals surface area contributed by atoms with Crippen LogP contribution in [0.1, 0.15) is 10.4 Å². The minimum absolute atomic E-state index is 0.221. The molecule has 4 heterocycles. The molecule has 6 aromatic rings. The molecule has 0 aliphatic rings. The van der Waals surface area contributed by atoms with Crippen LogP contribution in [0.4, 0.5) is 0 Å². The van der Waals surface area contributed by atoms with Crippen LogP contribution in [0.3, 0.4) is 0 Å². The third-order valence-corrected chi connectivity index (χ3v) is 5.49. The highest BCUT2D eigenvalue weighted by Gasteiger charge is 2.21. The Labute approximate surface area is 181 Å². The number of nitrogens with zero attached hydrogens (tertiary/aromatic N) is 5. The lowest BCUT2D eigenvalue weighted by Crippen LogP contribution is -2.01. The number of carboxylic acids is 1. The number of hydrogen-bond donors (Lipinski definition) is 1. The fraction of sp³-hybridized carbons (Fsp3) is 0. The maximum atomic E-state index is 11.4. The van der Waals surface area contributed by atoms with Crippen LogP contribution >= 0.6 is 0 Å². The van der Waals surface area contributed by atoms with Gasteiger partial charge in [-0.2, -0.15) is 0 Å². The summed E-state index contributed by atoms with van der Waals surface area (Å²) in [5.74, 6) is -0.311. The minimum Gasteiger partial charge on any atom is -0.478 e.